The standard InChI is InChI=1S/C24H27ClN6O3S.ClH/c1-26-21(32)13-9-17(28-22(33)19-8-12-7-14(25)3-4-15(12)27-19)18(10-13)29-23(34)24-30-16-5-6-31(2)11-20(16)35-24;/h3-4,7-8,13,17-18,27H,5-6,9-11H2,1-2H3,(H,26,32)(H,28,33)(H,29,34);1H/t13?,17-,18-;/m1./s1. The molecule has 192 valence electrons. The maximum Gasteiger partial charge on any atom is 0.280 e. The van der Waals surface area contributed by atoms with Crippen LogP contribution in [-0.4, -0.2) is 65.3 Å². The fourth-order valence-corrected chi connectivity index (χ4v) is 6.17. The van der Waals surface area contributed by atoms with Crippen molar-refractivity contribution in [1.29, 1.82) is 0 Å². The fourth-order valence-electron chi connectivity index (χ4n) is 4.90. The summed E-state index contributed by atoms with van der Waals surface area (Å²) in [6.45, 7) is 1.71. The van der Waals surface area contributed by atoms with Crippen LogP contribution in [0.3, 0.4) is 0 Å². The van der Waals surface area contributed by atoms with E-state index in [2.05, 4.69) is 37.9 Å². The van der Waals surface area contributed by atoms with Crippen molar-refractivity contribution in [3.05, 3.63) is 50.6 Å². The maximum atomic E-state index is 13.1. The Bertz CT molecular complexity index is 1310. The molecule has 3 atom stereocenters. The van der Waals surface area contributed by atoms with Gasteiger partial charge in [-0.2, -0.15) is 0 Å². The number of likely N-dealkylation sites (N-methyl/N-ethyl adjacent to an activating group) is 1. The molecule has 1 unspecified atom stereocenters. The Morgan fingerprint density at radius 1 is 1.14 bits per heavy atom. The second-order valence-corrected chi connectivity index (χ2v) is 10.8. The zero-order valence-corrected chi connectivity index (χ0v) is 22.3. The van der Waals surface area contributed by atoms with Crippen molar-refractivity contribution < 1.29 is 14.4 Å². The number of rotatable bonds is 5. The lowest BCUT2D eigenvalue weighted by Gasteiger charge is -2.21. The molecule has 0 saturated heterocycles. The number of carbonyl (C=O) groups excluding carboxylic acids is 3. The predicted molar refractivity (Wildman–Crippen MR) is 142 cm³/mol. The molecule has 5 rings (SSSR count). The molecule has 0 spiro atoms. The summed E-state index contributed by atoms with van der Waals surface area (Å²) in [5.74, 6) is -0.981. The summed E-state index contributed by atoms with van der Waals surface area (Å²) in [5.41, 5.74) is 2.18. The minimum Gasteiger partial charge on any atom is -0.359 e. The normalized spacial score (nSPS) is 21.5. The summed E-state index contributed by atoms with van der Waals surface area (Å²) in [7, 11) is 3.64. The highest BCUT2D eigenvalue weighted by Crippen LogP contribution is 2.29. The van der Waals surface area contributed by atoms with Gasteiger partial charge in [-0.25, -0.2) is 4.98 Å². The van der Waals surface area contributed by atoms with Crippen LogP contribution in [-0.2, 0) is 17.8 Å². The summed E-state index contributed by atoms with van der Waals surface area (Å²) >= 11 is 7.47. The number of nitrogens with one attached hydrogen (secondary N) is 4. The topological polar surface area (TPSA) is 119 Å². The van der Waals surface area contributed by atoms with Gasteiger partial charge in [-0.1, -0.05) is 11.6 Å². The van der Waals surface area contributed by atoms with Gasteiger partial charge >= 0.3 is 0 Å². The van der Waals surface area contributed by atoms with Crippen LogP contribution < -0.4 is 16.0 Å². The minimum absolute atomic E-state index is 0. The molecule has 12 heteroatoms. The number of thiazole rings is 1. The van der Waals surface area contributed by atoms with Gasteiger partial charge in [0, 0.05) is 53.3 Å². The summed E-state index contributed by atoms with van der Waals surface area (Å²) in [4.78, 5) is 49.5. The Hall–Kier alpha value is -2.66. The molecule has 36 heavy (non-hydrogen) atoms. The molecule has 2 aliphatic rings. The predicted octanol–water partition coefficient (Wildman–Crippen LogP) is 2.74. The third-order valence-electron chi connectivity index (χ3n) is 6.76. The van der Waals surface area contributed by atoms with E-state index in [0.29, 0.717) is 28.6 Å². The van der Waals surface area contributed by atoms with Gasteiger partial charge in [-0.15, -0.1) is 23.7 Å². The third kappa shape index (κ3) is 5.36. The van der Waals surface area contributed by atoms with Crippen molar-refractivity contribution in [3.63, 3.8) is 0 Å². The molecular weight excluding hydrogens is 523 g/mol. The summed E-state index contributed by atoms with van der Waals surface area (Å²) in [6, 6.07) is 6.32. The zero-order valence-electron chi connectivity index (χ0n) is 19.9. The van der Waals surface area contributed by atoms with Gasteiger partial charge in [0.05, 0.1) is 17.8 Å². The van der Waals surface area contributed by atoms with Crippen LogP contribution in [0.25, 0.3) is 10.9 Å². The molecule has 0 bridgehead atoms. The van der Waals surface area contributed by atoms with Gasteiger partial charge in [0.15, 0.2) is 5.01 Å². The number of aromatic amines is 1. The van der Waals surface area contributed by atoms with Crippen LogP contribution in [0.1, 0.15) is 43.7 Å². The Kier molecular flexibility index (Phi) is 7.89. The van der Waals surface area contributed by atoms with E-state index in [1.807, 2.05) is 6.07 Å². The molecule has 1 aliphatic heterocycles. The number of carbonyl (C=O) groups is 3. The van der Waals surface area contributed by atoms with Crippen molar-refractivity contribution in [3.8, 4) is 0 Å². The largest absolute Gasteiger partial charge is 0.359 e. The van der Waals surface area contributed by atoms with Crippen LogP contribution >= 0.6 is 35.3 Å². The van der Waals surface area contributed by atoms with Gasteiger partial charge in [-0.3, -0.25) is 14.4 Å². The Morgan fingerprint density at radius 2 is 1.86 bits per heavy atom. The molecule has 0 radical (unpaired) electrons. The molecule has 1 saturated carbocycles. The molecule has 4 N–H and O–H groups in total. The number of benzene rings is 1. The Labute approximate surface area is 223 Å². The van der Waals surface area contributed by atoms with E-state index >= 15 is 0 Å². The molecular formula is C24H28Cl2N6O3S. The summed E-state index contributed by atoms with van der Waals surface area (Å²) < 4.78 is 0. The van der Waals surface area contributed by atoms with Gasteiger partial charge in [0.2, 0.25) is 5.91 Å². The summed E-state index contributed by atoms with van der Waals surface area (Å²) in [6.07, 6.45) is 1.69. The Balaban J connectivity index is 0.00000304. The molecule has 1 aliphatic carbocycles. The van der Waals surface area contributed by atoms with Crippen molar-refractivity contribution in [1.82, 2.24) is 30.8 Å². The molecule has 3 heterocycles. The van der Waals surface area contributed by atoms with Crippen LogP contribution in [0.4, 0.5) is 0 Å². The average Bonchev–Trinajstić information content (AvgIpc) is 3.54. The van der Waals surface area contributed by atoms with E-state index in [-0.39, 0.29) is 36.0 Å². The van der Waals surface area contributed by atoms with Gasteiger partial charge in [-0.05, 0) is 44.2 Å². The van der Waals surface area contributed by atoms with Crippen LogP contribution in [0, 0.1) is 5.92 Å². The number of fused-ring (bicyclic) bond motifs is 2. The minimum atomic E-state index is -0.399. The molecule has 2 aromatic heterocycles. The lowest BCUT2D eigenvalue weighted by atomic mass is 10.1. The SMILES string of the molecule is CNC(=O)C1C[C@@H](NC(=O)c2cc3cc(Cl)ccc3[nH]2)[C@H](NC(=O)c2nc3c(s2)CN(C)CC3)C1.Cl. The average molecular weight is 552 g/mol. The second-order valence-electron chi connectivity index (χ2n) is 9.23. The van der Waals surface area contributed by atoms with E-state index in [9.17, 15) is 14.4 Å². The van der Waals surface area contributed by atoms with Crippen molar-refractivity contribution in [2.75, 3.05) is 20.6 Å². The van der Waals surface area contributed by atoms with Gasteiger partial charge in [0.25, 0.3) is 11.8 Å². The van der Waals surface area contributed by atoms with Crippen LogP contribution in [0.5, 0.6) is 0 Å². The third-order valence-corrected chi connectivity index (χ3v) is 8.07. The molecule has 1 fully saturated rings. The van der Waals surface area contributed by atoms with Crippen molar-refractivity contribution in [2.45, 2.75) is 37.9 Å². The van der Waals surface area contributed by atoms with Crippen LogP contribution in [0.2, 0.25) is 5.02 Å². The number of amides is 3. The molecule has 9 nitrogen and oxygen atoms in total. The van der Waals surface area contributed by atoms with Gasteiger partial charge < -0.3 is 25.8 Å². The van der Waals surface area contributed by atoms with E-state index in [0.717, 1.165) is 41.0 Å². The highest BCUT2D eigenvalue weighted by molar-refractivity contribution is 7.13. The molecule has 3 aromatic rings. The van der Waals surface area contributed by atoms with Crippen molar-refractivity contribution >= 4 is 64.0 Å². The number of aromatic nitrogens is 2. The maximum absolute atomic E-state index is 13.1. The van der Waals surface area contributed by atoms with Gasteiger partial charge in [0.1, 0.15) is 5.69 Å². The lowest BCUT2D eigenvalue weighted by Crippen LogP contribution is -2.48. The molecule has 1 aromatic carbocycles. The zero-order chi connectivity index (χ0) is 24.7. The smallest absolute Gasteiger partial charge is 0.280 e. The van der Waals surface area contributed by atoms with Crippen LogP contribution in [0.15, 0.2) is 24.3 Å². The highest BCUT2D eigenvalue weighted by atomic mass is 35.5. The highest BCUT2D eigenvalue weighted by Gasteiger charge is 2.40. The number of halogens is 2. The lowest BCUT2D eigenvalue weighted by molar-refractivity contribution is -0.124. The fraction of sp³-hybridized carbons (Fsp3) is 0.417. The van der Waals surface area contributed by atoms with E-state index in [1.54, 1.807) is 25.2 Å². The van der Waals surface area contributed by atoms with E-state index < -0.39 is 12.1 Å². The van der Waals surface area contributed by atoms with E-state index in [1.165, 1.54) is 11.3 Å². The summed E-state index contributed by atoms with van der Waals surface area (Å²) in [5, 5.41) is 10.6. The monoisotopic (exact) mass is 550 g/mol. The van der Waals surface area contributed by atoms with Crippen molar-refractivity contribution in [2.24, 2.45) is 5.92 Å². The quantitative estimate of drug-likeness (QED) is 0.389. The first kappa shape index (κ1) is 26.4. The first-order valence-corrected chi connectivity index (χ1v) is 12.8. The van der Waals surface area contributed by atoms with E-state index in [4.69, 9.17) is 11.6 Å². The Morgan fingerprint density at radius 3 is 2.58 bits per heavy atom. The first-order valence-electron chi connectivity index (χ1n) is 11.6. The number of hydrogen-bond donors (Lipinski definition) is 4. The number of H-pyrrole nitrogens is 1. The molecule has 3 amide bonds. The second kappa shape index (κ2) is 10.8. The number of hydrogen-bond acceptors (Lipinski definition) is 6. The number of nitrogens with zero attached hydrogens (tertiary/aromatic N) is 2. The first-order chi connectivity index (χ1) is 16.8.